The van der Waals surface area contributed by atoms with Crippen LogP contribution in [0.25, 0.3) is 10.9 Å². The molecule has 0 radical (unpaired) electrons. The molecule has 2 aromatic carbocycles. The fourth-order valence-corrected chi connectivity index (χ4v) is 2.66. The van der Waals surface area contributed by atoms with Crippen LogP contribution < -0.4 is 4.74 Å². The first-order chi connectivity index (χ1) is 12.5. The van der Waals surface area contributed by atoms with E-state index in [0.717, 1.165) is 0 Å². The summed E-state index contributed by atoms with van der Waals surface area (Å²) in [6.07, 6.45) is 1.56. The number of nitrogens with zero attached hydrogens (tertiary/aromatic N) is 2. The molecule has 0 aliphatic rings. The third-order valence-corrected chi connectivity index (χ3v) is 4.21. The van der Waals surface area contributed by atoms with Gasteiger partial charge in [0.05, 0.1) is 17.0 Å². The van der Waals surface area contributed by atoms with Crippen LogP contribution in [-0.2, 0) is 0 Å². The van der Waals surface area contributed by atoms with Crippen LogP contribution in [-0.4, -0.2) is 40.9 Å². The van der Waals surface area contributed by atoms with E-state index in [0.29, 0.717) is 40.4 Å². The van der Waals surface area contributed by atoms with Crippen LogP contribution in [0.15, 0.2) is 48.7 Å². The number of hydrogen-bond donors (Lipinski definition) is 1. The van der Waals surface area contributed by atoms with Gasteiger partial charge in [0.2, 0.25) is 0 Å². The molecule has 0 saturated carbocycles. The number of rotatable bonds is 6. The first-order valence-electron chi connectivity index (χ1n) is 7.85. The van der Waals surface area contributed by atoms with Gasteiger partial charge in [-0.15, -0.1) is 0 Å². The maximum atomic E-state index is 12.7. The van der Waals surface area contributed by atoms with Crippen molar-refractivity contribution >= 4 is 34.1 Å². The molecule has 26 heavy (non-hydrogen) atoms. The average Bonchev–Trinajstić information content (AvgIpc) is 3.05. The molecule has 1 aromatic heterocycles. The number of aromatic nitrogens is 1. The van der Waals surface area contributed by atoms with Gasteiger partial charge in [-0.1, -0.05) is 11.6 Å². The van der Waals surface area contributed by atoms with Crippen molar-refractivity contribution in [3.8, 4) is 5.75 Å². The Bertz CT molecular complexity index is 953. The molecule has 134 valence electrons. The second-order valence-electron chi connectivity index (χ2n) is 5.72. The van der Waals surface area contributed by atoms with E-state index in [1.807, 2.05) is 0 Å². The molecule has 0 aliphatic heterocycles. The summed E-state index contributed by atoms with van der Waals surface area (Å²) in [5.74, 6) is 0.425. The normalized spacial score (nSPS) is 10.7. The van der Waals surface area contributed by atoms with E-state index >= 15 is 0 Å². The summed E-state index contributed by atoms with van der Waals surface area (Å²) in [4.78, 5) is 27.6. The number of H-pyrrole nitrogens is 1. The molecule has 8 heteroatoms. The highest BCUT2D eigenvalue weighted by molar-refractivity contribution is 6.30. The number of carbonyl (C=O) groups excluding carboxylic acids is 1. The third-order valence-electron chi connectivity index (χ3n) is 3.96. The highest BCUT2D eigenvalue weighted by Crippen LogP contribution is 2.24. The van der Waals surface area contributed by atoms with E-state index in [2.05, 4.69) is 4.98 Å². The molecule has 0 saturated heterocycles. The van der Waals surface area contributed by atoms with Gasteiger partial charge in [0.15, 0.2) is 0 Å². The predicted molar refractivity (Wildman–Crippen MR) is 98.9 cm³/mol. The zero-order valence-corrected chi connectivity index (χ0v) is 14.7. The minimum Gasteiger partial charge on any atom is -0.492 e. The molecule has 1 N–H and O–H groups in total. The Balaban J connectivity index is 1.68. The van der Waals surface area contributed by atoms with Gasteiger partial charge < -0.3 is 14.6 Å². The van der Waals surface area contributed by atoms with Crippen molar-refractivity contribution in [1.29, 1.82) is 0 Å². The molecule has 0 aliphatic carbocycles. The number of halogens is 1. The summed E-state index contributed by atoms with van der Waals surface area (Å²) in [6, 6.07) is 11.4. The fraction of sp³-hybridized carbons (Fsp3) is 0.167. The van der Waals surface area contributed by atoms with E-state index in [-0.39, 0.29) is 11.6 Å². The molecule has 0 atom stereocenters. The van der Waals surface area contributed by atoms with Gasteiger partial charge >= 0.3 is 0 Å². The molecule has 0 fully saturated rings. The summed E-state index contributed by atoms with van der Waals surface area (Å²) < 4.78 is 5.59. The fourth-order valence-electron chi connectivity index (χ4n) is 2.54. The van der Waals surface area contributed by atoms with E-state index in [4.69, 9.17) is 16.3 Å². The van der Waals surface area contributed by atoms with Crippen molar-refractivity contribution in [2.45, 2.75) is 0 Å². The number of likely N-dealkylation sites (N-methyl/N-ethyl adjacent to an activating group) is 1. The Kier molecular flexibility index (Phi) is 5.09. The number of fused-ring (bicyclic) bond motifs is 1. The number of carbonyl (C=O) groups is 1. The lowest BCUT2D eigenvalue weighted by Gasteiger charge is -2.17. The van der Waals surface area contributed by atoms with Crippen LogP contribution in [0.1, 0.15) is 10.4 Å². The Morgan fingerprint density at radius 3 is 2.69 bits per heavy atom. The Labute approximate surface area is 154 Å². The van der Waals surface area contributed by atoms with Crippen LogP contribution in [0.4, 0.5) is 5.69 Å². The van der Waals surface area contributed by atoms with Crippen molar-refractivity contribution < 1.29 is 14.5 Å². The summed E-state index contributed by atoms with van der Waals surface area (Å²) in [6.45, 7) is 0.676. The van der Waals surface area contributed by atoms with E-state index in [1.165, 1.54) is 17.0 Å². The first kappa shape index (κ1) is 17.8. The van der Waals surface area contributed by atoms with Gasteiger partial charge in [-0.2, -0.15) is 0 Å². The summed E-state index contributed by atoms with van der Waals surface area (Å²) in [5.41, 5.74) is 1.00. The zero-order chi connectivity index (χ0) is 18.7. The quantitative estimate of drug-likeness (QED) is 0.524. The highest BCUT2D eigenvalue weighted by atomic mass is 35.5. The minimum absolute atomic E-state index is 0.0557. The van der Waals surface area contributed by atoms with Crippen LogP contribution in [0.5, 0.6) is 5.75 Å². The van der Waals surface area contributed by atoms with E-state index in [1.54, 1.807) is 43.6 Å². The topological polar surface area (TPSA) is 88.5 Å². The summed E-state index contributed by atoms with van der Waals surface area (Å²) in [5, 5.41) is 12.1. The molecule has 3 aromatic rings. The Morgan fingerprint density at radius 2 is 2.00 bits per heavy atom. The SMILES string of the molecule is CN(CCOc1ccc(Cl)cc1)C(=O)c1c[nH]c2ccc([N+](=O)[O-])cc12. The number of nitro benzene ring substituents is 1. The largest absolute Gasteiger partial charge is 0.492 e. The van der Waals surface area contributed by atoms with E-state index < -0.39 is 4.92 Å². The van der Waals surface area contributed by atoms with Gasteiger partial charge in [0.25, 0.3) is 11.6 Å². The second-order valence-corrected chi connectivity index (χ2v) is 6.15. The van der Waals surface area contributed by atoms with Crippen molar-refractivity contribution in [1.82, 2.24) is 9.88 Å². The highest BCUT2D eigenvalue weighted by Gasteiger charge is 2.18. The monoisotopic (exact) mass is 373 g/mol. The second kappa shape index (κ2) is 7.45. The molecular weight excluding hydrogens is 358 g/mol. The number of amides is 1. The number of non-ortho nitro benzene ring substituents is 1. The molecule has 1 amide bonds. The minimum atomic E-state index is -0.482. The lowest BCUT2D eigenvalue weighted by molar-refractivity contribution is -0.384. The number of aromatic amines is 1. The third kappa shape index (κ3) is 3.78. The maximum absolute atomic E-state index is 12.7. The average molecular weight is 374 g/mol. The number of nitrogens with one attached hydrogen (secondary N) is 1. The lowest BCUT2D eigenvalue weighted by Crippen LogP contribution is -2.30. The van der Waals surface area contributed by atoms with Gasteiger partial charge in [-0.05, 0) is 30.3 Å². The van der Waals surface area contributed by atoms with Crippen LogP contribution in [0.3, 0.4) is 0 Å². The van der Waals surface area contributed by atoms with Crippen LogP contribution in [0, 0.1) is 10.1 Å². The number of benzene rings is 2. The predicted octanol–water partition coefficient (Wildman–Crippen LogP) is 3.88. The van der Waals surface area contributed by atoms with Crippen LogP contribution >= 0.6 is 11.6 Å². The molecular formula is C18H16ClN3O4. The molecule has 0 bridgehead atoms. The molecule has 0 spiro atoms. The summed E-state index contributed by atoms with van der Waals surface area (Å²) in [7, 11) is 1.66. The molecule has 3 rings (SSSR count). The van der Waals surface area contributed by atoms with E-state index in [9.17, 15) is 14.9 Å². The molecule has 1 heterocycles. The van der Waals surface area contributed by atoms with Gasteiger partial charge in [-0.3, -0.25) is 14.9 Å². The van der Waals surface area contributed by atoms with Gasteiger partial charge in [-0.25, -0.2) is 0 Å². The lowest BCUT2D eigenvalue weighted by atomic mass is 10.1. The van der Waals surface area contributed by atoms with Gasteiger partial charge in [0.1, 0.15) is 12.4 Å². The Hall–Kier alpha value is -3.06. The number of ether oxygens (including phenoxy) is 1. The molecule has 7 nitrogen and oxygen atoms in total. The smallest absolute Gasteiger partial charge is 0.270 e. The number of hydrogen-bond acceptors (Lipinski definition) is 4. The van der Waals surface area contributed by atoms with Crippen molar-refractivity contribution in [2.24, 2.45) is 0 Å². The number of nitro groups is 1. The molecule has 0 unspecified atom stereocenters. The van der Waals surface area contributed by atoms with Crippen molar-refractivity contribution in [3.63, 3.8) is 0 Å². The standard InChI is InChI=1S/C18H16ClN3O4/c1-21(8-9-26-14-5-2-12(19)3-6-14)18(23)16-11-20-17-7-4-13(22(24)25)10-15(16)17/h2-7,10-11,20H,8-9H2,1H3. The van der Waals surface area contributed by atoms with Crippen LogP contribution in [0.2, 0.25) is 5.02 Å². The van der Waals surface area contributed by atoms with Crippen molar-refractivity contribution in [3.05, 3.63) is 69.4 Å². The first-order valence-corrected chi connectivity index (χ1v) is 8.23. The zero-order valence-electron chi connectivity index (χ0n) is 13.9. The van der Waals surface area contributed by atoms with Crippen molar-refractivity contribution in [2.75, 3.05) is 20.2 Å². The van der Waals surface area contributed by atoms with Gasteiger partial charge in [0, 0.05) is 41.3 Å². The maximum Gasteiger partial charge on any atom is 0.270 e. The Morgan fingerprint density at radius 1 is 1.27 bits per heavy atom. The summed E-state index contributed by atoms with van der Waals surface area (Å²) >= 11 is 5.82.